The first-order valence-corrected chi connectivity index (χ1v) is 7.08. The molecule has 0 radical (unpaired) electrons. The molecule has 0 unspecified atom stereocenters. The molecular weight excluding hydrogens is 296 g/mol. The summed E-state index contributed by atoms with van der Waals surface area (Å²) in [5, 5.41) is 8.87. The second kappa shape index (κ2) is 5.87. The highest BCUT2D eigenvalue weighted by atomic mass is 35.5. The van der Waals surface area contributed by atoms with E-state index in [1.165, 1.54) is 0 Å². The Morgan fingerprint density at radius 1 is 1.25 bits per heavy atom. The zero-order valence-corrected chi connectivity index (χ0v) is 12.3. The van der Waals surface area contributed by atoms with Gasteiger partial charge in [-0.2, -0.15) is 0 Å². The lowest BCUT2D eigenvalue weighted by Crippen LogP contribution is -2.40. The lowest BCUT2D eigenvalue weighted by atomic mass is 10.3. The van der Waals surface area contributed by atoms with Gasteiger partial charge in [-0.15, -0.1) is 5.10 Å². The van der Waals surface area contributed by atoms with E-state index >= 15 is 0 Å². The maximum Gasteiger partial charge on any atom is 0.140 e. The first-order chi connectivity index (χ1) is 9.75. The van der Waals surface area contributed by atoms with E-state index in [0.29, 0.717) is 28.9 Å². The van der Waals surface area contributed by atoms with Crippen molar-refractivity contribution in [2.24, 2.45) is 0 Å². The van der Waals surface area contributed by atoms with Crippen molar-refractivity contribution in [2.75, 3.05) is 26.3 Å². The van der Waals surface area contributed by atoms with Crippen LogP contribution in [0.5, 0.6) is 0 Å². The average molecular weight is 309 g/mol. The van der Waals surface area contributed by atoms with Gasteiger partial charge in [-0.25, -0.2) is 4.68 Å². The molecule has 1 saturated heterocycles. The van der Waals surface area contributed by atoms with Crippen LogP contribution in [0.25, 0.3) is 5.69 Å². The molecule has 0 N–H and O–H groups in total. The molecule has 1 aromatic heterocycles. The SMILES string of the molecule is S=C(c1cn(-c2ccccc2Cl)nn1)N1CCOCC1. The van der Waals surface area contributed by atoms with Gasteiger partial charge in [-0.05, 0) is 12.1 Å². The summed E-state index contributed by atoms with van der Waals surface area (Å²) in [6.45, 7) is 2.97. The summed E-state index contributed by atoms with van der Waals surface area (Å²) in [7, 11) is 0. The molecule has 5 nitrogen and oxygen atoms in total. The predicted octanol–water partition coefficient (Wildman–Crippen LogP) is 1.93. The second-order valence-electron chi connectivity index (χ2n) is 4.40. The number of benzene rings is 1. The molecule has 7 heteroatoms. The number of nitrogens with zero attached hydrogens (tertiary/aromatic N) is 4. The molecule has 20 heavy (non-hydrogen) atoms. The lowest BCUT2D eigenvalue weighted by molar-refractivity contribution is 0.0692. The fourth-order valence-corrected chi connectivity index (χ4v) is 2.54. The molecule has 0 saturated carbocycles. The van der Waals surface area contributed by atoms with Crippen LogP contribution in [0.4, 0.5) is 0 Å². The van der Waals surface area contributed by atoms with E-state index in [4.69, 9.17) is 28.6 Å². The molecular formula is C13H13ClN4OS. The lowest BCUT2D eigenvalue weighted by Gasteiger charge is -2.27. The van der Waals surface area contributed by atoms with Crippen molar-refractivity contribution >= 4 is 28.8 Å². The van der Waals surface area contributed by atoms with Gasteiger partial charge in [0, 0.05) is 13.1 Å². The Hall–Kier alpha value is -1.50. The molecule has 2 heterocycles. The van der Waals surface area contributed by atoms with Crippen molar-refractivity contribution < 1.29 is 4.74 Å². The Morgan fingerprint density at radius 2 is 2.00 bits per heavy atom. The Kier molecular flexibility index (Phi) is 3.95. The van der Waals surface area contributed by atoms with E-state index < -0.39 is 0 Å². The summed E-state index contributed by atoms with van der Waals surface area (Å²) in [6, 6.07) is 7.49. The number of rotatable bonds is 2. The van der Waals surface area contributed by atoms with Gasteiger partial charge in [0.15, 0.2) is 0 Å². The van der Waals surface area contributed by atoms with Gasteiger partial charge < -0.3 is 9.64 Å². The summed E-state index contributed by atoms with van der Waals surface area (Å²) in [4.78, 5) is 2.78. The Balaban J connectivity index is 1.83. The minimum atomic E-state index is 0.626. The maximum atomic E-state index is 6.15. The van der Waals surface area contributed by atoms with Crippen molar-refractivity contribution in [3.63, 3.8) is 0 Å². The summed E-state index contributed by atoms with van der Waals surface area (Å²) >= 11 is 11.6. The molecule has 0 atom stereocenters. The smallest absolute Gasteiger partial charge is 0.140 e. The molecule has 0 spiro atoms. The molecule has 1 aliphatic rings. The van der Waals surface area contributed by atoms with Crippen LogP contribution in [-0.4, -0.2) is 51.2 Å². The Labute approximate surface area is 127 Å². The topological polar surface area (TPSA) is 43.2 Å². The number of hydrogen-bond acceptors (Lipinski definition) is 4. The van der Waals surface area contributed by atoms with Gasteiger partial charge in [0.05, 0.1) is 30.1 Å². The van der Waals surface area contributed by atoms with E-state index in [1.54, 1.807) is 10.9 Å². The third-order valence-electron chi connectivity index (χ3n) is 3.11. The van der Waals surface area contributed by atoms with E-state index in [0.717, 1.165) is 18.8 Å². The minimum Gasteiger partial charge on any atom is -0.378 e. The van der Waals surface area contributed by atoms with Crippen molar-refractivity contribution in [3.8, 4) is 5.69 Å². The number of morpholine rings is 1. The summed E-state index contributed by atoms with van der Waals surface area (Å²) in [5.41, 5.74) is 1.47. The second-order valence-corrected chi connectivity index (χ2v) is 5.20. The molecule has 3 rings (SSSR count). The number of ether oxygens (including phenoxy) is 1. The maximum absolute atomic E-state index is 6.15. The van der Waals surface area contributed by atoms with Crippen LogP contribution in [0, 0.1) is 0 Å². The molecule has 0 aliphatic carbocycles. The number of aromatic nitrogens is 3. The van der Waals surface area contributed by atoms with E-state index in [9.17, 15) is 0 Å². The van der Waals surface area contributed by atoms with Crippen molar-refractivity contribution in [2.45, 2.75) is 0 Å². The fourth-order valence-electron chi connectivity index (χ4n) is 2.05. The third-order valence-corrected chi connectivity index (χ3v) is 3.90. The van der Waals surface area contributed by atoms with Crippen molar-refractivity contribution in [1.29, 1.82) is 0 Å². The highest BCUT2D eigenvalue weighted by Gasteiger charge is 2.18. The van der Waals surface area contributed by atoms with Gasteiger partial charge in [0.1, 0.15) is 10.7 Å². The van der Waals surface area contributed by atoms with Crippen LogP contribution in [-0.2, 0) is 4.74 Å². The first kappa shape index (κ1) is 13.5. The quantitative estimate of drug-likeness (QED) is 0.793. The van der Waals surface area contributed by atoms with Crippen LogP contribution in [0.1, 0.15) is 5.69 Å². The molecule has 0 amide bonds. The van der Waals surface area contributed by atoms with E-state index in [1.807, 2.05) is 24.3 Å². The van der Waals surface area contributed by atoms with Gasteiger partial charge in [0.2, 0.25) is 0 Å². The fraction of sp³-hybridized carbons (Fsp3) is 0.308. The van der Waals surface area contributed by atoms with Crippen LogP contribution in [0.15, 0.2) is 30.5 Å². The van der Waals surface area contributed by atoms with Gasteiger partial charge in [0.25, 0.3) is 0 Å². The zero-order chi connectivity index (χ0) is 13.9. The first-order valence-electron chi connectivity index (χ1n) is 6.30. The number of para-hydroxylation sites is 1. The van der Waals surface area contributed by atoms with Crippen LogP contribution in [0.3, 0.4) is 0 Å². The largest absolute Gasteiger partial charge is 0.378 e. The number of thiocarbonyl (C=S) groups is 1. The number of halogens is 1. The van der Waals surface area contributed by atoms with Crippen molar-refractivity contribution in [1.82, 2.24) is 19.9 Å². The van der Waals surface area contributed by atoms with Crippen molar-refractivity contribution in [3.05, 3.63) is 41.2 Å². The predicted molar refractivity (Wildman–Crippen MR) is 80.5 cm³/mol. The third kappa shape index (κ3) is 2.67. The van der Waals surface area contributed by atoms with Gasteiger partial charge >= 0.3 is 0 Å². The molecule has 1 aromatic carbocycles. The normalized spacial score (nSPS) is 15.3. The summed E-state index contributed by atoms with van der Waals surface area (Å²) < 4.78 is 6.96. The minimum absolute atomic E-state index is 0.626. The molecule has 0 bridgehead atoms. The molecule has 1 aliphatic heterocycles. The summed E-state index contributed by atoms with van der Waals surface area (Å²) in [5.74, 6) is 0. The zero-order valence-electron chi connectivity index (χ0n) is 10.7. The average Bonchev–Trinajstić information content (AvgIpc) is 2.97. The molecule has 2 aromatic rings. The highest BCUT2D eigenvalue weighted by molar-refractivity contribution is 7.80. The highest BCUT2D eigenvalue weighted by Crippen LogP contribution is 2.19. The van der Waals surface area contributed by atoms with E-state index in [2.05, 4.69) is 15.2 Å². The number of hydrogen-bond donors (Lipinski definition) is 0. The molecule has 1 fully saturated rings. The van der Waals surface area contributed by atoms with Crippen LogP contribution < -0.4 is 0 Å². The van der Waals surface area contributed by atoms with Crippen LogP contribution >= 0.6 is 23.8 Å². The Morgan fingerprint density at radius 3 is 2.75 bits per heavy atom. The van der Waals surface area contributed by atoms with E-state index in [-0.39, 0.29) is 0 Å². The summed E-state index contributed by atoms with van der Waals surface area (Å²) in [6.07, 6.45) is 1.80. The van der Waals surface area contributed by atoms with Crippen LogP contribution in [0.2, 0.25) is 5.02 Å². The monoisotopic (exact) mass is 308 g/mol. The Bertz CT molecular complexity index is 624. The molecule has 104 valence electrons. The van der Waals surface area contributed by atoms with Gasteiger partial charge in [-0.3, -0.25) is 0 Å². The van der Waals surface area contributed by atoms with Gasteiger partial charge in [-0.1, -0.05) is 41.2 Å². The standard InChI is InChI=1S/C13H13ClN4OS/c14-10-3-1-2-4-12(10)18-9-11(15-16-18)13(20)17-5-7-19-8-6-17/h1-4,9H,5-8H2.